The van der Waals surface area contributed by atoms with Crippen LogP contribution in [0.3, 0.4) is 0 Å². The van der Waals surface area contributed by atoms with Gasteiger partial charge in [-0.3, -0.25) is 0 Å². The number of ether oxygens (including phenoxy) is 1. The maximum atomic E-state index is 12.1. The number of morpholine rings is 1. The van der Waals surface area contributed by atoms with Gasteiger partial charge in [0.25, 0.3) is 0 Å². The second-order valence-electron chi connectivity index (χ2n) is 2.99. The van der Waals surface area contributed by atoms with E-state index >= 15 is 0 Å². The van der Waals surface area contributed by atoms with E-state index in [4.69, 9.17) is 4.74 Å². The summed E-state index contributed by atoms with van der Waals surface area (Å²) in [7, 11) is -5.18. The summed E-state index contributed by atoms with van der Waals surface area (Å²) in [6.07, 6.45) is -0.499. The third-order valence-corrected chi connectivity index (χ3v) is 3.43. The van der Waals surface area contributed by atoms with Crippen LogP contribution in [0.25, 0.3) is 0 Å². The highest BCUT2D eigenvalue weighted by Crippen LogP contribution is 2.27. The molecule has 0 N–H and O–H groups in total. The highest BCUT2D eigenvalue weighted by Gasteiger charge is 2.50. The number of hydrogen-bond acceptors (Lipinski definition) is 3. The van der Waals surface area contributed by atoms with Crippen molar-refractivity contribution in [3.8, 4) is 0 Å². The molecule has 1 fully saturated rings. The molecule has 0 aliphatic carbocycles. The molecule has 0 aromatic carbocycles. The number of nitrogens with zero attached hydrogens (tertiary/aromatic N) is 1. The van der Waals surface area contributed by atoms with E-state index in [0.717, 1.165) is 0 Å². The molecule has 1 aliphatic heterocycles. The Morgan fingerprint density at radius 3 is 2.43 bits per heavy atom. The molecule has 0 aromatic rings. The highest BCUT2D eigenvalue weighted by molar-refractivity contribution is 7.90. The van der Waals surface area contributed by atoms with Crippen molar-refractivity contribution in [3.63, 3.8) is 0 Å². The van der Waals surface area contributed by atoms with Gasteiger partial charge in [-0.1, -0.05) is 0 Å². The summed E-state index contributed by atoms with van der Waals surface area (Å²) < 4.78 is 63.4. The van der Waals surface area contributed by atoms with Gasteiger partial charge in [0.1, 0.15) is 0 Å². The minimum absolute atomic E-state index is 0.00350. The Hall–Kier alpha value is -0.340. The molecule has 4 nitrogen and oxygen atoms in total. The van der Waals surface area contributed by atoms with E-state index in [1.165, 1.54) is 6.92 Å². The minimum atomic E-state index is -5.22. The maximum absolute atomic E-state index is 12.1. The van der Waals surface area contributed by atoms with E-state index in [-0.39, 0.29) is 19.7 Å². The fraction of sp³-hybridized carbons (Fsp3) is 1.00. The molecule has 0 amide bonds. The van der Waals surface area contributed by atoms with E-state index < -0.39 is 21.6 Å². The van der Waals surface area contributed by atoms with Crippen molar-refractivity contribution in [3.05, 3.63) is 0 Å². The second-order valence-corrected chi connectivity index (χ2v) is 4.92. The van der Waals surface area contributed by atoms with Crippen LogP contribution in [0, 0.1) is 0 Å². The van der Waals surface area contributed by atoms with Crippen LogP contribution in [0.4, 0.5) is 13.2 Å². The van der Waals surface area contributed by atoms with Gasteiger partial charge in [-0.2, -0.15) is 17.5 Å². The lowest BCUT2D eigenvalue weighted by molar-refractivity contribution is -0.0556. The summed E-state index contributed by atoms with van der Waals surface area (Å²) in [4.78, 5) is 0. The summed E-state index contributed by atoms with van der Waals surface area (Å²) >= 11 is 0. The molecule has 8 heteroatoms. The lowest BCUT2D eigenvalue weighted by atomic mass is 10.3. The topological polar surface area (TPSA) is 46.6 Å². The third-order valence-electron chi connectivity index (χ3n) is 1.84. The van der Waals surface area contributed by atoms with Gasteiger partial charge in [0, 0.05) is 13.1 Å². The molecule has 1 aliphatic rings. The van der Waals surface area contributed by atoms with E-state index in [2.05, 4.69) is 0 Å². The second kappa shape index (κ2) is 3.67. The molecule has 0 radical (unpaired) electrons. The SMILES string of the molecule is CC1CN(S(=O)(=O)C(F)(F)F)CCO1. The van der Waals surface area contributed by atoms with Crippen molar-refractivity contribution in [2.24, 2.45) is 0 Å². The number of sulfonamides is 1. The average molecular weight is 233 g/mol. The van der Waals surface area contributed by atoms with Crippen molar-refractivity contribution in [1.82, 2.24) is 4.31 Å². The van der Waals surface area contributed by atoms with Crippen LogP contribution in [0.1, 0.15) is 6.92 Å². The molecular formula is C6H10F3NO3S. The normalized spacial score (nSPS) is 26.4. The Labute approximate surface area is 79.7 Å². The van der Waals surface area contributed by atoms with Crippen molar-refractivity contribution in [2.75, 3.05) is 19.7 Å². The van der Waals surface area contributed by atoms with Crippen molar-refractivity contribution in [2.45, 2.75) is 18.5 Å². The molecule has 1 saturated heterocycles. The zero-order valence-electron chi connectivity index (χ0n) is 7.41. The average Bonchev–Trinajstić information content (AvgIpc) is 2.02. The first-order valence-electron chi connectivity index (χ1n) is 3.93. The predicted molar refractivity (Wildman–Crippen MR) is 42.0 cm³/mol. The Balaban J connectivity index is 2.83. The largest absolute Gasteiger partial charge is 0.511 e. The zero-order valence-corrected chi connectivity index (χ0v) is 8.23. The van der Waals surface area contributed by atoms with E-state index in [1.54, 1.807) is 0 Å². The maximum Gasteiger partial charge on any atom is 0.511 e. The number of halogens is 3. The lowest BCUT2D eigenvalue weighted by Crippen LogP contribution is -2.49. The van der Waals surface area contributed by atoms with Crippen molar-refractivity contribution < 1.29 is 26.3 Å². The van der Waals surface area contributed by atoms with Gasteiger partial charge >= 0.3 is 15.5 Å². The van der Waals surface area contributed by atoms with Crippen molar-refractivity contribution >= 4 is 10.0 Å². The van der Waals surface area contributed by atoms with Crippen LogP contribution in [-0.4, -0.2) is 44.0 Å². The molecule has 14 heavy (non-hydrogen) atoms. The molecule has 0 saturated carbocycles. The first-order chi connectivity index (χ1) is 6.25. The number of hydrogen-bond donors (Lipinski definition) is 0. The fourth-order valence-electron chi connectivity index (χ4n) is 1.15. The number of rotatable bonds is 1. The Bertz CT molecular complexity index is 300. The van der Waals surface area contributed by atoms with Gasteiger partial charge in [-0.05, 0) is 6.92 Å². The Morgan fingerprint density at radius 1 is 1.43 bits per heavy atom. The van der Waals surface area contributed by atoms with E-state index in [0.29, 0.717) is 4.31 Å². The molecule has 0 aromatic heterocycles. The van der Waals surface area contributed by atoms with Gasteiger partial charge in [-0.15, -0.1) is 0 Å². The summed E-state index contributed by atoms with van der Waals surface area (Å²) in [6.45, 7) is 1.03. The third kappa shape index (κ3) is 2.18. The van der Waals surface area contributed by atoms with Crippen molar-refractivity contribution in [1.29, 1.82) is 0 Å². The zero-order chi connectivity index (χ0) is 11.0. The number of alkyl halides is 3. The minimum Gasteiger partial charge on any atom is -0.376 e. The van der Waals surface area contributed by atoms with Gasteiger partial charge < -0.3 is 4.74 Å². The quantitative estimate of drug-likeness (QED) is 0.664. The smallest absolute Gasteiger partial charge is 0.376 e. The van der Waals surface area contributed by atoms with Crippen LogP contribution >= 0.6 is 0 Å². The molecule has 0 spiro atoms. The summed E-state index contributed by atoms with van der Waals surface area (Å²) in [5.41, 5.74) is -5.22. The van der Waals surface area contributed by atoms with E-state index in [9.17, 15) is 21.6 Å². The summed E-state index contributed by atoms with van der Waals surface area (Å²) in [5, 5.41) is 0. The molecule has 84 valence electrons. The molecular weight excluding hydrogens is 223 g/mol. The Kier molecular flexibility index (Phi) is 3.07. The molecule has 1 unspecified atom stereocenters. The summed E-state index contributed by atoms with van der Waals surface area (Å²) in [5.74, 6) is 0. The van der Waals surface area contributed by atoms with Gasteiger partial charge in [-0.25, -0.2) is 8.42 Å². The van der Waals surface area contributed by atoms with E-state index in [1.807, 2.05) is 0 Å². The van der Waals surface area contributed by atoms with Crippen LogP contribution in [0.15, 0.2) is 0 Å². The molecule has 1 rings (SSSR count). The first-order valence-corrected chi connectivity index (χ1v) is 5.37. The van der Waals surface area contributed by atoms with Gasteiger partial charge in [0.2, 0.25) is 0 Å². The molecule has 0 bridgehead atoms. The first kappa shape index (κ1) is 11.7. The van der Waals surface area contributed by atoms with Crippen LogP contribution in [-0.2, 0) is 14.8 Å². The highest BCUT2D eigenvalue weighted by atomic mass is 32.2. The predicted octanol–water partition coefficient (Wildman–Crippen LogP) is 0.557. The Morgan fingerprint density at radius 2 is 2.00 bits per heavy atom. The van der Waals surface area contributed by atoms with Crippen LogP contribution in [0.5, 0.6) is 0 Å². The van der Waals surface area contributed by atoms with Gasteiger partial charge in [0.15, 0.2) is 0 Å². The monoisotopic (exact) mass is 233 g/mol. The fourth-order valence-corrected chi connectivity index (χ4v) is 2.17. The summed E-state index contributed by atoms with van der Waals surface area (Å²) in [6, 6.07) is 0. The molecule has 1 atom stereocenters. The molecule has 1 heterocycles. The van der Waals surface area contributed by atoms with Crippen LogP contribution < -0.4 is 0 Å². The lowest BCUT2D eigenvalue weighted by Gasteiger charge is -2.30. The standard InChI is InChI=1S/C6H10F3NO3S/c1-5-4-10(2-3-13-5)14(11,12)6(7,8)9/h5H,2-4H2,1H3. The van der Waals surface area contributed by atoms with Crippen LogP contribution in [0.2, 0.25) is 0 Å². The van der Waals surface area contributed by atoms with Gasteiger partial charge in [0.05, 0.1) is 12.7 Å².